The molecule has 0 spiro atoms. The lowest BCUT2D eigenvalue weighted by atomic mass is 10.2. The van der Waals surface area contributed by atoms with Crippen LogP contribution < -0.4 is 4.72 Å². The van der Waals surface area contributed by atoms with Crippen molar-refractivity contribution < 1.29 is 26.3 Å². The van der Waals surface area contributed by atoms with Gasteiger partial charge in [-0.15, -0.1) is 0 Å². The van der Waals surface area contributed by atoms with Gasteiger partial charge in [-0.1, -0.05) is 12.1 Å². The molecular weight excluding hydrogens is 321 g/mol. The molecule has 122 valence electrons. The summed E-state index contributed by atoms with van der Waals surface area (Å²) in [7, 11) is -3.75. The fourth-order valence-corrected chi connectivity index (χ4v) is 3.07. The summed E-state index contributed by atoms with van der Waals surface area (Å²) in [5.74, 6) is -0.369. The molecule has 0 aliphatic rings. The quantitative estimate of drug-likeness (QED) is 0.825. The molecule has 1 aromatic carbocycles. The highest BCUT2D eigenvalue weighted by molar-refractivity contribution is 7.88. The van der Waals surface area contributed by atoms with Gasteiger partial charge in [-0.3, -0.25) is 0 Å². The van der Waals surface area contributed by atoms with Crippen LogP contribution in [0.5, 0.6) is 0 Å². The highest BCUT2D eigenvalue weighted by atomic mass is 32.2. The summed E-state index contributed by atoms with van der Waals surface area (Å²) in [6.07, 6.45) is -4.45. The molecule has 22 heavy (non-hydrogen) atoms. The van der Waals surface area contributed by atoms with Gasteiger partial charge in [0.1, 0.15) is 6.61 Å². The highest BCUT2D eigenvalue weighted by Crippen LogP contribution is 2.14. The maximum atomic E-state index is 11.9. The minimum Gasteiger partial charge on any atom is -0.370 e. The average Bonchev–Trinajstić information content (AvgIpc) is 2.35. The Morgan fingerprint density at radius 2 is 2.09 bits per heavy atom. The lowest BCUT2D eigenvalue weighted by Gasteiger charge is -2.15. The molecule has 1 aromatic rings. The second-order valence-electron chi connectivity index (χ2n) is 4.72. The molecule has 9 heteroatoms. The maximum Gasteiger partial charge on any atom is 0.411 e. The molecule has 0 bridgehead atoms. The molecule has 0 heterocycles. The summed E-state index contributed by atoms with van der Waals surface area (Å²) in [6.45, 7) is -0.417. The standard InChI is InChI=1S/C13H15F3N2O3S/c1-10(7-21-9-13(14,15)16)18-22(19,20)8-12-4-2-3-11(5-12)6-17/h2-5,10,18H,7-9H2,1H3. The van der Waals surface area contributed by atoms with Gasteiger partial charge in [-0.25, -0.2) is 13.1 Å². The number of hydrogen-bond donors (Lipinski definition) is 1. The number of rotatable bonds is 7. The molecule has 5 nitrogen and oxygen atoms in total. The van der Waals surface area contributed by atoms with Crippen LogP contribution >= 0.6 is 0 Å². The first-order chi connectivity index (χ1) is 10.1. The Bertz CT molecular complexity index is 639. The van der Waals surface area contributed by atoms with E-state index in [0.29, 0.717) is 11.1 Å². The lowest BCUT2D eigenvalue weighted by molar-refractivity contribution is -0.174. The number of sulfonamides is 1. The molecule has 0 radical (unpaired) electrons. The third-order valence-corrected chi connectivity index (χ3v) is 3.90. The van der Waals surface area contributed by atoms with Gasteiger partial charge >= 0.3 is 6.18 Å². The third-order valence-electron chi connectivity index (χ3n) is 2.43. The first kappa shape index (κ1) is 18.4. The molecule has 1 N–H and O–H groups in total. The van der Waals surface area contributed by atoms with Crippen LogP contribution in [0.1, 0.15) is 18.1 Å². The monoisotopic (exact) mass is 336 g/mol. The summed E-state index contributed by atoms with van der Waals surface area (Å²) < 4.78 is 66.2. The van der Waals surface area contributed by atoms with Crippen LogP contribution in [-0.4, -0.2) is 33.8 Å². The van der Waals surface area contributed by atoms with Gasteiger partial charge in [0.05, 0.1) is 24.0 Å². The van der Waals surface area contributed by atoms with Gasteiger partial charge in [0.25, 0.3) is 0 Å². The zero-order valence-corrected chi connectivity index (χ0v) is 12.5. The second kappa shape index (κ2) is 7.58. The Hall–Kier alpha value is -1.63. The van der Waals surface area contributed by atoms with E-state index in [1.165, 1.54) is 19.1 Å². The van der Waals surface area contributed by atoms with E-state index in [2.05, 4.69) is 9.46 Å². The number of nitrogens with one attached hydrogen (secondary N) is 1. The minimum atomic E-state index is -4.45. The molecule has 0 aromatic heterocycles. The van der Waals surface area contributed by atoms with Gasteiger partial charge in [0.2, 0.25) is 10.0 Å². The zero-order valence-electron chi connectivity index (χ0n) is 11.7. The fraction of sp³-hybridized carbons (Fsp3) is 0.462. The van der Waals surface area contributed by atoms with Crippen molar-refractivity contribution in [3.8, 4) is 6.07 Å². The molecule has 0 saturated carbocycles. The van der Waals surface area contributed by atoms with Gasteiger partial charge in [0, 0.05) is 6.04 Å². The topological polar surface area (TPSA) is 79.2 Å². The average molecular weight is 336 g/mol. The summed E-state index contributed by atoms with van der Waals surface area (Å²) in [6, 6.07) is 7.17. The van der Waals surface area contributed by atoms with Crippen molar-refractivity contribution in [1.29, 1.82) is 5.26 Å². The number of halogens is 3. The summed E-state index contributed by atoms with van der Waals surface area (Å²) in [5, 5.41) is 8.75. The number of ether oxygens (including phenoxy) is 1. The van der Waals surface area contributed by atoms with E-state index in [4.69, 9.17) is 5.26 Å². The van der Waals surface area contributed by atoms with Crippen LogP contribution in [0.15, 0.2) is 24.3 Å². The smallest absolute Gasteiger partial charge is 0.370 e. The van der Waals surface area contributed by atoms with E-state index in [0.717, 1.165) is 0 Å². The SMILES string of the molecule is CC(COCC(F)(F)F)NS(=O)(=O)Cc1cccc(C#N)c1. The van der Waals surface area contributed by atoms with Crippen molar-refractivity contribution in [1.82, 2.24) is 4.72 Å². The van der Waals surface area contributed by atoms with Crippen molar-refractivity contribution in [2.75, 3.05) is 13.2 Å². The Kier molecular flexibility index (Phi) is 6.34. The van der Waals surface area contributed by atoms with Crippen molar-refractivity contribution in [3.63, 3.8) is 0 Å². The number of hydrogen-bond acceptors (Lipinski definition) is 4. The van der Waals surface area contributed by atoms with Crippen molar-refractivity contribution >= 4 is 10.0 Å². The first-order valence-corrected chi connectivity index (χ1v) is 7.90. The number of nitriles is 1. The van der Waals surface area contributed by atoms with E-state index in [9.17, 15) is 21.6 Å². The number of benzene rings is 1. The van der Waals surface area contributed by atoms with E-state index < -0.39 is 35.5 Å². The van der Waals surface area contributed by atoms with Crippen LogP contribution in [0.4, 0.5) is 13.2 Å². The minimum absolute atomic E-state index is 0.328. The van der Waals surface area contributed by atoms with Gasteiger partial charge in [-0.05, 0) is 24.6 Å². The summed E-state index contributed by atoms with van der Waals surface area (Å²) in [5.41, 5.74) is 0.740. The maximum absolute atomic E-state index is 11.9. The normalized spacial score (nSPS) is 13.6. The van der Waals surface area contributed by atoms with Crippen molar-refractivity contribution in [3.05, 3.63) is 35.4 Å². The molecule has 0 fully saturated rings. The van der Waals surface area contributed by atoms with Crippen LogP contribution in [0, 0.1) is 11.3 Å². The predicted molar refractivity (Wildman–Crippen MR) is 73.3 cm³/mol. The van der Waals surface area contributed by atoms with Crippen LogP contribution in [-0.2, 0) is 20.5 Å². The molecule has 0 aliphatic carbocycles. The van der Waals surface area contributed by atoms with Gasteiger partial charge < -0.3 is 4.74 Å². The Labute approximate surface area is 126 Å². The first-order valence-electron chi connectivity index (χ1n) is 6.25. The van der Waals surface area contributed by atoms with E-state index >= 15 is 0 Å². The Morgan fingerprint density at radius 1 is 1.41 bits per heavy atom. The lowest BCUT2D eigenvalue weighted by Crippen LogP contribution is -2.37. The zero-order chi connectivity index (χ0) is 16.8. The molecule has 0 aliphatic heterocycles. The van der Waals surface area contributed by atoms with Crippen LogP contribution in [0.25, 0.3) is 0 Å². The van der Waals surface area contributed by atoms with E-state index in [1.807, 2.05) is 6.07 Å². The van der Waals surface area contributed by atoms with Gasteiger partial charge in [0.15, 0.2) is 0 Å². The molecule has 0 amide bonds. The van der Waals surface area contributed by atoms with Crippen LogP contribution in [0.2, 0.25) is 0 Å². The second-order valence-corrected chi connectivity index (χ2v) is 6.47. The third kappa shape index (κ3) is 7.40. The van der Waals surface area contributed by atoms with Crippen molar-refractivity contribution in [2.24, 2.45) is 0 Å². The Balaban J connectivity index is 2.54. The molecular formula is C13H15F3N2O3S. The van der Waals surface area contributed by atoms with Crippen LogP contribution in [0.3, 0.4) is 0 Å². The van der Waals surface area contributed by atoms with E-state index in [-0.39, 0.29) is 5.75 Å². The number of nitrogens with zero attached hydrogens (tertiary/aromatic N) is 1. The highest BCUT2D eigenvalue weighted by Gasteiger charge is 2.28. The molecule has 0 saturated heterocycles. The summed E-state index contributed by atoms with van der Waals surface area (Å²) in [4.78, 5) is 0. The summed E-state index contributed by atoms with van der Waals surface area (Å²) >= 11 is 0. The molecule has 1 unspecified atom stereocenters. The van der Waals surface area contributed by atoms with Gasteiger partial charge in [-0.2, -0.15) is 18.4 Å². The van der Waals surface area contributed by atoms with E-state index in [1.54, 1.807) is 12.1 Å². The largest absolute Gasteiger partial charge is 0.411 e. The molecule has 1 rings (SSSR count). The van der Waals surface area contributed by atoms with Crippen molar-refractivity contribution in [2.45, 2.75) is 24.9 Å². The number of alkyl halides is 3. The molecule has 1 atom stereocenters. The predicted octanol–water partition coefficient (Wildman–Crippen LogP) is 1.95. The Morgan fingerprint density at radius 3 is 2.68 bits per heavy atom. The fourth-order valence-electron chi connectivity index (χ4n) is 1.68.